The van der Waals surface area contributed by atoms with E-state index in [1.807, 2.05) is 18.2 Å². The number of ether oxygens (including phenoxy) is 1. The van der Waals surface area contributed by atoms with Crippen molar-refractivity contribution in [3.8, 4) is 6.01 Å². The van der Waals surface area contributed by atoms with E-state index in [-0.39, 0.29) is 17.9 Å². The van der Waals surface area contributed by atoms with E-state index >= 15 is 0 Å². The fourth-order valence-electron chi connectivity index (χ4n) is 3.53. The molecule has 1 aromatic carbocycles. The van der Waals surface area contributed by atoms with Crippen molar-refractivity contribution in [1.29, 1.82) is 0 Å². The summed E-state index contributed by atoms with van der Waals surface area (Å²) in [6.45, 7) is 2.07. The van der Waals surface area contributed by atoms with E-state index in [2.05, 4.69) is 16.9 Å². The van der Waals surface area contributed by atoms with Crippen LogP contribution in [0.1, 0.15) is 56.6 Å². The molecule has 0 N–H and O–H groups in total. The molecule has 0 radical (unpaired) electrons. The van der Waals surface area contributed by atoms with Crippen LogP contribution in [0.3, 0.4) is 0 Å². The van der Waals surface area contributed by atoms with Crippen LogP contribution in [-0.2, 0) is 12.6 Å². The molecule has 0 spiro atoms. The average Bonchev–Trinajstić information content (AvgIpc) is 2.68. The summed E-state index contributed by atoms with van der Waals surface area (Å²) in [6.07, 6.45) is 3.13. The highest BCUT2D eigenvalue weighted by atomic mass is 19.4. The van der Waals surface area contributed by atoms with Crippen molar-refractivity contribution in [2.75, 3.05) is 11.9 Å². The zero-order chi connectivity index (χ0) is 20.1. The van der Waals surface area contributed by atoms with Gasteiger partial charge in [0, 0.05) is 18.9 Å². The van der Waals surface area contributed by atoms with Crippen LogP contribution in [0.2, 0.25) is 0 Å². The molecule has 0 atom stereocenters. The van der Waals surface area contributed by atoms with E-state index in [4.69, 9.17) is 4.74 Å². The summed E-state index contributed by atoms with van der Waals surface area (Å²) in [5, 5.41) is 0. The summed E-state index contributed by atoms with van der Waals surface area (Å²) in [5.41, 5.74) is 0.860. The predicted molar refractivity (Wildman–Crippen MR) is 103 cm³/mol. The van der Waals surface area contributed by atoms with Gasteiger partial charge in [-0.1, -0.05) is 31.9 Å². The first-order valence-electron chi connectivity index (χ1n) is 9.82. The number of aromatic nitrogens is 2. The second-order valence-electron chi connectivity index (χ2n) is 7.24. The number of alkyl halides is 3. The van der Waals surface area contributed by atoms with Crippen LogP contribution in [0.15, 0.2) is 30.5 Å². The van der Waals surface area contributed by atoms with Gasteiger partial charge in [0.05, 0.1) is 0 Å². The van der Waals surface area contributed by atoms with Gasteiger partial charge >= 0.3 is 12.2 Å². The van der Waals surface area contributed by atoms with Gasteiger partial charge in [0.2, 0.25) is 0 Å². The van der Waals surface area contributed by atoms with Gasteiger partial charge in [0.1, 0.15) is 11.7 Å². The third-order valence-corrected chi connectivity index (χ3v) is 5.03. The van der Waals surface area contributed by atoms with E-state index in [1.165, 1.54) is 4.90 Å². The molecule has 0 aliphatic heterocycles. The van der Waals surface area contributed by atoms with Gasteiger partial charge in [0.15, 0.2) is 5.82 Å². The summed E-state index contributed by atoms with van der Waals surface area (Å²) in [4.78, 5) is 9.46. The van der Waals surface area contributed by atoms with Crippen molar-refractivity contribution in [2.24, 2.45) is 0 Å². The molecular formula is C21H26F3N3O. The fraction of sp³-hybridized carbons (Fsp3) is 0.524. The molecule has 1 fully saturated rings. The third kappa shape index (κ3) is 4.94. The molecule has 1 aliphatic carbocycles. The van der Waals surface area contributed by atoms with E-state index < -0.39 is 11.7 Å². The smallest absolute Gasteiger partial charge is 0.421 e. The number of aryl methyl sites for hydroxylation is 1. The lowest BCUT2D eigenvalue weighted by Crippen LogP contribution is -2.23. The number of benzene rings is 1. The Balaban J connectivity index is 1.93. The molecule has 1 aliphatic rings. The van der Waals surface area contributed by atoms with Crippen molar-refractivity contribution in [3.05, 3.63) is 41.6 Å². The zero-order valence-corrected chi connectivity index (χ0v) is 16.3. The standard InChI is InChI=1S/C21H26F3N3O/c1-3-8-15-9-7-10-16(13-15)27(2)19-18(21(22,23)24)14-25-20(26-19)28-17-11-5-4-6-12-17/h7,9-10,13-14,17H,3-6,8,11-12H2,1-2H3. The molecule has 1 aromatic heterocycles. The molecule has 4 nitrogen and oxygen atoms in total. The van der Waals surface area contributed by atoms with Gasteiger partial charge in [-0.25, -0.2) is 4.98 Å². The maximum absolute atomic E-state index is 13.6. The number of hydrogen-bond acceptors (Lipinski definition) is 4. The van der Waals surface area contributed by atoms with E-state index in [0.29, 0.717) is 5.69 Å². The summed E-state index contributed by atoms with van der Waals surface area (Å²) in [6, 6.07) is 7.51. The minimum Gasteiger partial charge on any atom is -0.460 e. The van der Waals surface area contributed by atoms with Crippen molar-refractivity contribution in [2.45, 2.75) is 64.1 Å². The molecule has 0 unspecified atom stereocenters. The lowest BCUT2D eigenvalue weighted by Gasteiger charge is -2.25. The van der Waals surface area contributed by atoms with E-state index in [0.717, 1.165) is 56.7 Å². The minimum atomic E-state index is -4.55. The monoisotopic (exact) mass is 393 g/mol. The molecule has 2 aromatic rings. The molecule has 1 saturated carbocycles. The second kappa shape index (κ2) is 8.80. The highest BCUT2D eigenvalue weighted by Gasteiger charge is 2.37. The molecule has 3 rings (SSSR count). The first kappa shape index (κ1) is 20.4. The quantitative estimate of drug-likeness (QED) is 0.610. The summed E-state index contributed by atoms with van der Waals surface area (Å²) < 4.78 is 46.5. The Bertz CT molecular complexity index is 789. The molecule has 28 heavy (non-hydrogen) atoms. The highest BCUT2D eigenvalue weighted by Crippen LogP contribution is 2.38. The Morgan fingerprint density at radius 1 is 1.18 bits per heavy atom. The zero-order valence-electron chi connectivity index (χ0n) is 16.3. The fourth-order valence-corrected chi connectivity index (χ4v) is 3.53. The normalized spacial score (nSPS) is 15.5. The molecule has 1 heterocycles. The van der Waals surface area contributed by atoms with Crippen LogP contribution < -0.4 is 9.64 Å². The molecule has 152 valence electrons. The maximum atomic E-state index is 13.6. The minimum absolute atomic E-state index is 0.00598. The average molecular weight is 393 g/mol. The van der Waals surface area contributed by atoms with Gasteiger partial charge in [-0.2, -0.15) is 18.2 Å². The number of halogens is 3. The third-order valence-electron chi connectivity index (χ3n) is 5.03. The lowest BCUT2D eigenvalue weighted by atomic mass is 9.98. The molecule has 7 heteroatoms. The van der Waals surface area contributed by atoms with Gasteiger partial charge in [-0.3, -0.25) is 0 Å². The number of rotatable bonds is 6. The predicted octanol–water partition coefficient (Wildman–Crippen LogP) is 5.93. The van der Waals surface area contributed by atoms with Crippen molar-refractivity contribution >= 4 is 11.5 Å². The van der Waals surface area contributed by atoms with Crippen LogP contribution in [-0.4, -0.2) is 23.1 Å². The van der Waals surface area contributed by atoms with Crippen molar-refractivity contribution < 1.29 is 17.9 Å². The van der Waals surface area contributed by atoms with Crippen LogP contribution in [0.5, 0.6) is 6.01 Å². The molecular weight excluding hydrogens is 367 g/mol. The first-order valence-corrected chi connectivity index (χ1v) is 9.82. The topological polar surface area (TPSA) is 38.2 Å². The van der Waals surface area contributed by atoms with Gasteiger partial charge in [-0.05, 0) is 49.8 Å². The summed E-state index contributed by atoms with van der Waals surface area (Å²) >= 11 is 0. The van der Waals surface area contributed by atoms with Crippen LogP contribution in [0.25, 0.3) is 0 Å². The van der Waals surface area contributed by atoms with Crippen LogP contribution in [0.4, 0.5) is 24.7 Å². The van der Waals surface area contributed by atoms with Crippen LogP contribution in [0, 0.1) is 0 Å². The van der Waals surface area contributed by atoms with Gasteiger partial charge in [-0.15, -0.1) is 0 Å². The summed E-state index contributed by atoms with van der Waals surface area (Å²) in [5.74, 6) is -0.193. The lowest BCUT2D eigenvalue weighted by molar-refractivity contribution is -0.137. The largest absolute Gasteiger partial charge is 0.460 e. The molecule has 0 bridgehead atoms. The Morgan fingerprint density at radius 3 is 2.61 bits per heavy atom. The number of nitrogens with zero attached hydrogens (tertiary/aromatic N) is 3. The Hall–Kier alpha value is -2.31. The van der Waals surface area contributed by atoms with E-state index in [9.17, 15) is 13.2 Å². The second-order valence-corrected chi connectivity index (χ2v) is 7.24. The summed E-state index contributed by atoms with van der Waals surface area (Å²) in [7, 11) is 1.59. The highest BCUT2D eigenvalue weighted by molar-refractivity contribution is 5.63. The van der Waals surface area contributed by atoms with Crippen LogP contribution >= 0.6 is 0 Å². The molecule has 0 amide bonds. The maximum Gasteiger partial charge on any atom is 0.421 e. The van der Waals surface area contributed by atoms with Gasteiger partial charge in [0.25, 0.3) is 0 Å². The van der Waals surface area contributed by atoms with Crippen molar-refractivity contribution in [1.82, 2.24) is 9.97 Å². The Kier molecular flexibility index (Phi) is 6.42. The Morgan fingerprint density at radius 2 is 1.93 bits per heavy atom. The number of hydrogen-bond donors (Lipinski definition) is 0. The Labute approximate surface area is 163 Å². The first-order chi connectivity index (χ1) is 13.4. The van der Waals surface area contributed by atoms with E-state index in [1.54, 1.807) is 13.1 Å². The van der Waals surface area contributed by atoms with Gasteiger partial charge < -0.3 is 9.64 Å². The molecule has 0 saturated heterocycles. The number of anilines is 2. The SMILES string of the molecule is CCCc1cccc(N(C)c2nc(OC3CCCCC3)ncc2C(F)(F)F)c1. The van der Waals surface area contributed by atoms with Crippen molar-refractivity contribution in [3.63, 3.8) is 0 Å².